The molecule has 2 aliphatic rings. The smallest absolute Gasteiger partial charge is 0.0469 e. The molecule has 1 heterocycles. The monoisotopic (exact) mass is 259 g/mol. The summed E-state index contributed by atoms with van der Waals surface area (Å²) in [5.74, 6) is 1.67. The molecule has 0 spiro atoms. The fourth-order valence-corrected chi connectivity index (χ4v) is 2.95. The maximum Gasteiger partial charge on any atom is 0.0469 e. The molecule has 1 aliphatic carbocycles. The van der Waals surface area contributed by atoms with Gasteiger partial charge in [-0.2, -0.15) is 0 Å². The summed E-state index contributed by atoms with van der Waals surface area (Å²) >= 11 is 0. The summed E-state index contributed by atoms with van der Waals surface area (Å²) < 4.78 is 5.40. The van der Waals surface area contributed by atoms with Gasteiger partial charge in [0.05, 0.1) is 0 Å². The van der Waals surface area contributed by atoms with E-state index in [4.69, 9.17) is 4.74 Å². The number of rotatable bonds is 5. The molecule has 0 amide bonds. The standard InChI is InChI=1S/C17H25NO/c1-13-10-16(15-2-3-15)4-5-17(13)12-18-11-14-6-8-19-9-7-14/h4-5,10,14-15,18H,2-3,6-9,11-12H2,1H3. The van der Waals surface area contributed by atoms with Gasteiger partial charge < -0.3 is 10.1 Å². The SMILES string of the molecule is Cc1cc(C2CC2)ccc1CNCC1CCOCC1. The van der Waals surface area contributed by atoms with Crippen LogP contribution >= 0.6 is 0 Å². The van der Waals surface area contributed by atoms with E-state index >= 15 is 0 Å². The highest BCUT2D eigenvalue weighted by atomic mass is 16.5. The van der Waals surface area contributed by atoms with Gasteiger partial charge in [-0.3, -0.25) is 0 Å². The molecule has 19 heavy (non-hydrogen) atoms. The second-order valence-electron chi connectivity index (χ2n) is 6.15. The van der Waals surface area contributed by atoms with Crippen LogP contribution in [0.5, 0.6) is 0 Å². The minimum absolute atomic E-state index is 0.805. The predicted molar refractivity (Wildman–Crippen MR) is 78.4 cm³/mol. The van der Waals surface area contributed by atoms with E-state index < -0.39 is 0 Å². The Bertz CT molecular complexity index is 419. The van der Waals surface area contributed by atoms with Crippen molar-refractivity contribution in [1.82, 2.24) is 5.32 Å². The molecule has 2 fully saturated rings. The average Bonchev–Trinajstić information content (AvgIpc) is 3.26. The zero-order valence-electron chi connectivity index (χ0n) is 12.0. The second kappa shape index (κ2) is 6.06. The van der Waals surface area contributed by atoms with Gasteiger partial charge in [-0.25, -0.2) is 0 Å². The Hall–Kier alpha value is -0.860. The lowest BCUT2D eigenvalue weighted by Crippen LogP contribution is -2.27. The summed E-state index contributed by atoms with van der Waals surface area (Å²) in [5.41, 5.74) is 4.45. The molecule has 0 unspecified atom stereocenters. The maximum absolute atomic E-state index is 5.40. The fourth-order valence-electron chi connectivity index (χ4n) is 2.95. The molecular weight excluding hydrogens is 234 g/mol. The fraction of sp³-hybridized carbons (Fsp3) is 0.647. The molecule has 0 aromatic heterocycles. The van der Waals surface area contributed by atoms with Crippen molar-refractivity contribution in [3.63, 3.8) is 0 Å². The summed E-state index contributed by atoms with van der Waals surface area (Å²) in [6, 6.07) is 7.04. The third kappa shape index (κ3) is 3.58. The third-order valence-electron chi connectivity index (χ3n) is 4.50. The van der Waals surface area contributed by atoms with E-state index in [9.17, 15) is 0 Å². The zero-order valence-corrected chi connectivity index (χ0v) is 12.0. The van der Waals surface area contributed by atoms with Crippen molar-refractivity contribution in [3.8, 4) is 0 Å². The van der Waals surface area contributed by atoms with Crippen LogP contribution in [0.2, 0.25) is 0 Å². The summed E-state index contributed by atoms with van der Waals surface area (Å²) in [6.45, 7) is 6.28. The molecular formula is C17H25NO. The van der Waals surface area contributed by atoms with Gasteiger partial charge in [0.25, 0.3) is 0 Å². The lowest BCUT2D eigenvalue weighted by Gasteiger charge is -2.22. The molecule has 2 nitrogen and oxygen atoms in total. The van der Waals surface area contributed by atoms with Gasteiger partial charge in [0, 0.05) is 19.8 Å². The molecule has 1 aromatic carbocycles. The lowest BCUT2D eigenvalue weighted by atomic mass is 9.99. The highest BCUT2D eigenvalue weighted by Gasteiger charge is 2.23. The Labute approximate surface area is 116 Å². The average molecular weight is 259 g/mol. The van der Waals surface area contributed by atoms with Crippen LogP contribution in [-0.4, -0.2) is 19.8 Å². The molecule has 1 aromatic rings. The molecule has 0 radical (unpaired) electrons. The van der Waals surface area contributed by atoms with Crippen molar-refractivity contribution >= 4 is 0 Å². The van der Waals surface area contributed by atoms with E-state index in [2.05, 4.69) is 30.4 Å². The first-order valence-corrected chi connectivity index (χ1v) is 7.71. The maximum atomic E-state index is 5.40. The van der Waals surface area contributed by atoms with Gasteiger partial charge in [0.2, 0.25) is 0 Å². The van der Waals surface area contributed by atoms with Crippen LogP contribution in [0.25, 0.3) is 0 Å². The van der Waals surface area contributed by atoms with Crippen LogP contribution in [-0.2, 0) is 11.3 Å². The third-order valence-corrected chi connectivity index (χ3v) is 4.50. The summed E-state index contributed by atoms with van der Waals surface area (Å²) in [7, 11) is 0. The van der Waals surface area contributed by atoms with Gasteiger partial charge in [0.1, 0.15) is 0 Å². The largest absolute Gasteiger partial charge is 0.381 e. The quantitative estimate of drug-likeness (QED) is 0.875. The molecule has 2 heteroatoms. The van der Waals surface area contributed by atoms with Crippen molar-refractivity contribution in [1.29, 1.82) is 0 Å². The minimum atomic E-state index is 0.805. The lowest BCUT2D eigenvalue weighted by molar-refractivity contribution is 0.0662. The highest BCUT2D eigenvalue weighted by Crippen LogP contribution is 2.40. The molecule has 104 valence electrons. The molecule has 1 saturated carbocycles. The molecule has 3 rings (SSSR count). The minimum Gasteiger partial charge on any atom is -0.381 e. The Morgan fingerprint density at radius 1 is 1.16 bits per heavy atom. The van der Waals surface area contributed by atoms with Crippen LogP contribution in [0.4, 0.5) is 0 Å². The Morgan fingerprint density at radius 2 is 1.95 bits per heavy atom. The normalized spacial score (nSPS) is 20.7. The Balaban J connectivity index is 1.48. The van der Waals surface area contributed by atoms with Gasteiger partial charge in [-0.1, -0.05) is 18.2 Å². The topological polar surface area (TPSA) is 21.3 Å². The Kier molecular flexibility index (Phi) is 4.19. The van der Waals surface area contributed by atoms with E-state index in [-0.39, 0.29) is 0 Å². The van der Waals surface area contributed by atoms with E-state index in [1.165, 1.54) is 36.8 Å². The first kappa shape index (κ1) is 13.1. The summed E-state index contributed by atoms with van der Waals surface area (Å²) in [6.07, 6.45) is 5.21. The van der Waals surface area contributed by atoms with Gasteiger partial charge in [0.15, 0.2) is 0 Å². The molecule has 0 bridgehead atoms. The van der Waals surface area contributed by atoms with Crippen LogP contribution < -0.4 is 5.32 Å². The number of benzene rings is 1. The number of aryl methyl sites for hydroxylation is 1. The molecule has 0 atom stereocenters. The highest BCUT2D eigenvalue weighted by molar-refractivity contribution is 5.34. The summed E-state index contributed by atoms with van der Waals surface area (Å²) in [4.78, 5) is 0. The number of hydrogen-bond donors (Lipinski definition) is 1. The van der Waals surface area contributed by atoms with Crippen molar-refractivity contribution in [2.24, 2.45) is 5.92 Å². The van der Waals surface area contributed by atoms with E-state index in [1.54, 1.807) is 5.56 Å². The van der Waals surface area contributed by atoms with Gasteiger partial charge in [-0.05, 0) is 67.7 Å². The van der Waals surface area contributed by atoms with Crippen LogP contribution in [0.15, 0.2) is 18.2 Å². The number of hydrogen-bond acceptors (Lipinski definition) is 2. The second-order valence-corrected chi connectivity index (χ2v) is 6.15. The van der Waals surface area contributed by atoms with E-state index in [0.29, 0.717) is 0 Å². The van der Waals surface area contributed by atoms with Gasteiger partial charge >= 0.3 is 0 Å². The van der Waals surface area contributed by atoms with Crippen LogP contribution in [0.1, 0.15) is 48.3 Å². The van der Waals surface area contributed by atoms with Crippen molar-refractivity contribution < 1.29 is 4.74 Å². The van der Waals surface area contributed by atoms with Gasteiger partial charge in [-0.15, -0.1) is 0 Å². The Morgan fingerprint density at radius 3 is 2.63 bits per heavy atom. The first-order chi connectivity index (χ1) is 9.33. The molecule has 1 saturated heterocycles. The number of nitrogens with one attached hydrogen (secondary N) is 1. The van der Waals surface area contributed by atoms with Crippen molar-refractivity contribution in [2.75, 3.05) is 19.8 Å². The van der Waals surface area contributed by atoms with Crippen molar-refractivity contribution in [3.05, 3.63) is 34.9 Å². The van der Waals surface area contributed by atoms with E-state index in [1.807, 2.05) is 0 Å². The predicted octanol–water partition coefficient (Wildman–Crippen LogP) is 3.39. The number of ether oxygens (including phenoxy) is 1. The zero-order chi connectivity index (χ0) is 13.1. The first-order valence-electron chi connectivity index (χ1n) is 7.71. The molecule has 1 N–H and O–H groups in total. The molecule has 1 aliphatic heterocycles. The van der Waals surface area contributed by atoms with E-state index in [0.717, 1.165) is 38.1 Å². The van der Waals surface area contributed by atoms with Crippen LogP contribution in [0, 0.1) is 12.8 Å². The summed E-state index contributed by atoms with van der Waals surface area (Å²) in [5, 5.41) is 3.62. The van der Waals surface area contributed by atoms with Crippen molar-refractivity contribution in [2.45, 2.75) is 45.1 Å². The van der Waals surface area contributed by atoms with Crippen LogP contribution in [0.3, 0.4) is 0 Å².